The number of hydrogen-bond acceptors (Lipinski definition) is 0. The molecule has 2 heteroatoms. The fourth-order valence-electron chi connectivity index (χ4n) is 3.07. The Bertz CT molecular complexity index is 685. The Hall–Kier alpha value is -2.19. The first-order chi connectivity index (χ1) is 10.8. The van der Waals surface area contributed by atoms with Crippen molar-refractivity contribution in [3.8, 4) is 0 Å². The van der Waals surface area contributed by atoms with Gasteiger partial charge in [-0.25, -0.2) is 4.39 Å². The average molecular weight is 306 g/mol. The molecule has 0 radical (unpaired) electrons. The zero-order chi connectivity index (χ0) is 15.4. The van der Waals surface area contributed by atoms with Crippen LogP contribution in [0.1, 0.15) is 18.0 Å². The molecule has 0 nitrogen and oxygen atoms in total. The molecule has 110 valence electrons. The van der Waals surface area contributed by atoms with Crippen molar-refractivity contribution in [2.45, 2.75) is 12.5 Å². The molecule has 3 aromatic carbocycles. The van der Waals surface area contributed by atoms with Crippen LogP contribution in [0.15, 0.2) is 84.9 Å². The molecule has 3 rings (SSSR count). The Balaban J connectivity index is 2.06. The molecule has 0 aliphatic rings. The van der Waals surface area contributed by atoms with Gasteiger partial charge in [-0.1, -0.05) is 90.1 Å². The predicted octanol–water partition coefficient (Wildman–Crippen LogP) is 3.51. The Morgan fingerprint density at radius 3 is 1.77 bits per heavy atom. The van der Waals surface area contributed by atoms with Crippen molar-refractivity contribution in [1.82, 2.24) is 0 Å². The first-order valence-corrected chi connectivity index (χ1v) is 9.43. The lowest BCUT2D eigenvalue weighted by Gasteiger charge is -2.24. The van der Waals surface area contributed by atoms with Gasteiger partial charge in [0, 0.05) is 0 Å². The van der Waals surface area contributed by atoms with E-state index in [0.717, 1.165) is 5.56 Å². The van der Waals surface area contributed by atoms with Gasteiger partial charge in [-0.3, -0.25) is 0 Å². The lowest BCUT2D eigenvalue weighted by atomic mass is 10.2. The lowest BCUT2D eigenvalue weighted by Crippen LogP contribution is -2.46. The van der Waals surface area contributed by atoms with Crippen molar-refractivity contribution in [3.63, 3.8) is 0 Å². The molecule has 0 heterocycles. The van der Waals surface area contributed by atoms with Crippen LogP contribution in [0.4, 0.5) is 4.39 Å². The highest BCUT2D eigenvalue weighted by Gasteiger charge is 2.24. The second kappa shape index (κ2) is 6.71. The number of benzene rings is 3. The van der Waals surface area contributed by atoms with Crippen LogP contribution >= 0.6 is 0 Å². The monoisotopic (exact) mass is 306 g/mol. The summed E-state index contributed by atoms with van der Waals surface area (Å²) in [7, 11) is -1.46. The smallest absolute Gasteiger partial charge is 0.123 e. The molecule has 0 aliphatic carbocycles. The summed E-state index contributed by atoms with van der Waals surface area (Å²) < 4.78 is 13.6. The van der Waals surface area contributed by atoms with Gasteiger partial charge < -0.3 is 0 Å². The fourth-order valence-corrected chi connectivity index (χ4v) is 6.48. The molecule has 0 fully saturated rings. The molecular formula is C20H19FSi. The van der Waals surface area contributed by atoms with E-state index in [0.29, 0.717) is 5.54 Å². The number of halogens is 1. The van der Waals surface area contributed by atoms with E-state index < -0.39 is 8.80 Å². The van der Waals surface area contributed by atoms with Crippen LogP contribution in [0, 0.1) is 5.82 Å². The minimum atomic E-state index is -1.46. The standard InChI is InChI=1S/C20H19FSi/c1-16(17-9-8-10-18(21)15-17)22(19-11-4-2-5-12-19)20-13-6-3-7-14-20/h2-16,22H,1H3. The van der Waals surface area contributed by atoms with Gasteiger partial charge in [-0.2, -0.15) is 0 Å². The highest BCUT2D eigenvalue weighted by atomic mass is 28.3. The van der Waals surface area contributed by atoms with Gasteiger partial charge in [0.25, 0.3) is 0 Å². The van der Waals surface area contributed by atoms with E-state index in [9.17, 15) is 4.39 Å². The summed E-state index contributed by atoms with van der Waals surface area (Å²) in [5.74, 6) is -0.154. The van der Waals surface area contributed by atoms with Crippen LogP contribution in [-0.4, -0.2) is 8.80 Å². The van der Waals surface area contributed by atoms with Gasteiger partial charge >= 0.3 is 0 Å². The SMILES string of the molecule is CC(c1cccc(F)c1)[SiH](c1ccccc1)c1ccccc1. The first-order valence-electron chi connectivity index (χ1n) is 7.61. The molecule has 0 aromatic heterocycles. The summed E-state index contributed by atoms with van der Waals surface area (Å²) in [6, 6.07) is 28.3. The van der Waals surface area contributed by atoms with Crippen LogP contribution < -0.4 is 10.4 Å². The molecule has 1 unspecified atom stereocenters. The van der Waals surface area contributed by atoms with Gasteiger partial charge in [0.2, 0.25) is 0 Å². The van der Waals surface area contributed by atoms with Gasteiger partial charge in [0.05, 0.1) is 0 Å². The van der Waals surface area contributed by atoms with Crippen LogP contribution in [0.3, 0.4) is 0 Å². The highest BCUT2D eigenvalue weighted by molar-refractivity contribution is 6.86. The summed E-state index contributed by atoms with van der Waals surface area (Å²) in [6.45, 7) is 2.23. The largest absolute Gasteiger partial charge is 0.207 e. The summed E-state index contributed by atoms with van der Waals surface area (Å²) in [6.07, 6.45) is 0. The normalized spacial score (nSPS) is 12.3. The minimum absolute atomic E-state index is 0.154. The third-order valence-corrected chi connectivity index (χ3v) is 7.78. The molecule has 0 N–H and O–H groups in total. The van der Waals surface area contributed by atoms with E-state index in [-0.39, 0.29) is 5.82 Å². The van der Waals surface area contributed by atoms with Gasteiger partial charge in [0.1, 0.15) is 14.6 Å². The van der Waals surface area contributed by atoms with Crippen molar-refractivity contribution in [3.05, 3.63) is 96.3 Å². The topological polar surface area (TPSA) is 0 Å². The minimum Gasteiger partial charge on any atom is -0.207 e. The summed E-state index contributed by atoms with van der Waals surface area (Å²) >= 11 is 0. The number of hydrogen-bond donors (Lipinski definition) is 0. The first kappa shape index (κ1) is 14.7. The molecule has 0 saturated heterocycles. The summed E-state index contributed by atoms with van der Waals surface area (Å²) in [5.41, 5.74) is 1.42. The Kier molecular flexibility index (Phi) is 4.49. The Labute approximate surface area is 132 Å². The molecular weight excluding hydrogens is 287 g/mol. The molecule has 1 atom stereocenters. The molecule has 0 amide bonds. The maximum atomic E-state index is 13.6. The molecule has 3 aromatic rings. The van der Waals surface area contributed by atoms with E-state index in [4.69, 9.17) is 0 Å². The summed E-state index contributed by atoms with van der Waals surface area (Å²) in [5, 5.41) is 2.79. The summed E-state index contributed by atoms with van der Waals surface area (Å²) in [4.78, 5) is 0. The van der Waals surface area contributed by atoms with Crippen molar-refractivity contribution < 1.29 is 4.39 Å². The van der Waals surface area contributed by atoms with Crippen molar-refractivity contribution >= 4 is 19.2 Å². The Morgan fingerprint density at radius 1 is 0.727 bits per heavy atom. The van der Waals surface area contributed by atoms with Crippen molar-refractivity contribution in [1.29, 1.82) is 0 Å². The second-order valence-electron chi connectivity index (χ2n) is 5.64. The fraction of sp³-hybridized carbons (Fsp3) is 0.100. The molecule has 0 bridgehead atoms. The predicted molar refractivity (Wildman–Crippen MR) is 94.1 cm³/mol. The highest BCUT2D eigenvalue weighted by Crippen LogP contribution is 2.19. The molecule has 0 aliphatic heterocycles. The average Bonchev–Trinajstić information content (AvgIpc) is 2.57. The lowest BCUT2D eigenvalue weighted by molar-refractivity contribution is 0.625. The Morgan fingerprint density at radius 2 is 1.27 bits per heavy atom. The zero-order valence-electron chi connectivity index (χ0n) is 12.6. The van der Waals surface area contributed by atoms with E-state index in [1.165, 1.54) is 16.4 Å². The zero-order valence-corrected chi connectivity index (χ0v) is 13.8. The second-order valence-corrected chi connectivity index (χ2v) is 8.93. The van der Waals surface area contributed by atoms with Crippen LogP contribution in [0.5, 0.6) is 0 Å². The van der Waals surface area contributed by atoms with E-state index in [1.54, 1.807) is 6.07 Å². The van der Waals surface area contributed by atoms with Crippen molar-refractivity contribution in [2.24, 2.45) is 0 Å². The van der Waals surface area contributed by atoms with E-state index in [2.05, 4.69) is 55.5 Å². The molecule has 0 saturated carbocycles. The van der Waals surface area contributed by atoms with E-state index >= 15 is 0 Å². The van der Waals surface area contributed by atoms with Crippen molar-refractivity contribution in [2.75, 3.05) is 0 Å². The van der Waals surface area contributed by atoms with Gasteiger partial charge in [-0.15, -0.1) is 0 Å². The third kappa shape index (κ3) is 3.17. The quantitative estimate of drug-likeness (QED) is 0.647. The van der Waals surface area contributed by atoms with Crippen LogP contribution in [0.25, 0.3) is 0 Å². The maximum absolute atomic E-state index is 13.6. The maximum Gasteiger partial charge on any atom is 0.123 e. The molecule has 22 heavy (non-hydrogen) atoms. The van der Waals surface area contributed by atoms with Crippen LogP contribution in [0.2, 0.25) is 0 Å². The number of rotatable bonds is 4. The third-order valence-electron chi connectivity index (χ3n) is 4.19. The van der Waals surface area contributed by atoms with E-state index in [1.807, 2.05) is 24.3 Å². The molecule has 0 spiro atoms. The van der Waals surface area contributed by atoms with Gasteiger partial charge in [-0.05, 0) is 23.2 Å². The van der Waals surface area contributed by atoms with Gasteiger partial charge in [0.15, 0.2) is 0 Å². The van der Waals surface area contributed by atoms with Crippen LogP contribution in [-0.2, 0) is 0 Å².